The van der Waals surface area contributed by atoms with Crippen molar-refractivity contribution in [2.75, 3.05) is 12.8 Å². The zero-order valence-electron chi connectivity index (χ0n) is 6.74. The highest BCUT2D eigenvalue weighted by Crippen LogP contribution is 2.25. The van der Waals surface area contributed by atoms with Gasteiger partial charge in [-0.3, -0.25) is 4.99 Å². The molecule has 2 heterocycles. The molecule has 1 aromatic heterocycles. The summed E-state index contributed by atoms with van der Waals surface area (Å²) < 4.78 is 0. The summed E-state index contributed by atoms with van der Waals surface area (Å²) in [4.78, 5) is 5.95. The number of fused-ring (bicyclic) bond motifs is 1. The van der Waals surface area contributed by atoms with Gasteiger partial charge in [0.15, 0.2) is 0 Å². The quantitative estimate of drug-likeness (QED) is 0.671. The van der Waals surface area contributed by atoms with E-state index in [9.17, 15) is 0 Å². The van der Waals surface area contributed by atoms with Crippen LogP contribution in [0.3, 0.4) is 0 Å². The van der Waals surface area contributed by atoms with Crippen molar-refractivity contribution >= 4 is 52.1 Å². The Labute approximate surface area is 97.7 Å². The van der Waals surface area contributed by atoms with Crippen LogP contribution in [0.15, 0.2) is 16.4 Å². The molecular weight excluding hydrogens is 301 g/mol. The molecule has 0 aliphatic carbocycles. The normalized spacial score (nSPS) is 14.6. The van der Waals surface area contributed by atoms with Crippen LogP contribution in [-0.2, 0) is 6.42 Å². The van der Waals surface area contributed by atoms with Crippen molar-refractivity contribution in [1.29, 1.82) is 0 Å². The van der Waals surface area contributed by atoms with Gasteiger partial charge >= 0.3 is 0 Å². The van der Waals surface area contributed by atoms with E-state index < -0.39 is 0 Å². The molecule has 0 N–H and O–H groups in total. The van der Waals surface area contributed by atoms with Crippen molar-refractivity contribution in [2.45, 2.75) is 6.42 Å². The number of halogens is 1. The predicted octanol–water partition coefficient (Wildman–Crippen LogP) is 3.03. The Morgan fingerprint density at radius 2 is 2.42 bits per heavy atom. The Morgan fingerprint density at radius 3 is 3.17 bits per heavy atom. The fourth-order valence-corrected chi connectivity index (χ4v) is 2.81. The van der Waals surface area contributed by atoms with Crippen molar-refractivity contribution in [2.24, 2.45) is 4.99 Å². The molecule has 0 fully saturated rings. The number of hydrogen-bond acceptors (Lipinski definition) is 3. The van der Waals surface area contributed by atoms with Gasteiger partial charge in [0.1, 0.15) is 0 Å². The molecule has 12 heavy (non-hydrogen) atoms. The minimum Gasteiger partial charge on any atom is -0.277 e. The Kier molecular flexibility index (Phi) is 4.05. The molecule has 0 bridgehead atoms. The highest BCUT2D eigenvalue weighted by molar-refractivity contribution is 14.0. The lowest BCUT2D eigenvalue weighted by molar-refractivity contribution is 0.972. The van der Waals surface area contributed by atoms with Gasteiger partial charge in [0.05, 0.1) is 5.04 Å². The van der Waals surface area contributed by atoms with Gasteiger partial charge < -0.3 is 0 Å². The molecule has 1 aromatic rings. The SMILES string of the molecule is CSC1=NCCc2sccc21.I. The molecule has 4 heteroatoms. The average molecular weight is 311 g/mol. The Bertz CT molecular complexity index is 293. The van der Waals surface area contributed by atoms with Gasteiger partial charge in [-0.25, -0.2) is 0 Å². The van der Waals surface area contributed by atoms with Crippen molar-refractivity contribution in [3.63, 3.8) is 0 Å². The standard InChI is InChI=1S/C8H9NS2.HI/c1-10-8-6-3-5-11-7(6)2-4-9-8;/h3,5H,2,4H2,1H3;1H. The summed E-state index contributed by atoms with van der Waals surface area (Å²) in [6, 6.07) is 2.18. The Balaban J connectivity index is 0.000000720. The summed E-state index contributed by atoms with van der Waals surface area (Å²) in [7, 11) is 0. The van der Waals surface area contributed by atoms with Crippen LogP contribution in [0.1, 0.15) is 10.4 Å². The number of thiophene rings is 1. The monoisotopic (exact) mass is 311 g/mol. The second kappa shape index (κ2) is 4.62. The summed E-state index contributed by atoms with van der Waals surface area (Å²) in [5.74, 6) is 0. The van der Waals surface area contributed by atoms with Crippen LogP contribution in [0.5, 0.6) is 0 Å². The molecule has 2 rings (SSSR count). The molecule has 66 valence electrons. The molecule has 0 spiro atoms. The van der Waals surface area contributed by atoms with Crippen LogP contribution in [0.25, 0.3) is 0 Å². The summed E-state index contributed by atoms with van der Waals surface area (Å²) in [5, 5.41) is 3.37. The topological polar surface area (TPSA) is 12.4 Å². The van der Waals surface area contributed by atoms with E-state index in [0.29, 0.717) is 0 Å². The fraction of sp³-hybridized carbons (Fsp3) is 0.375. The minimum absolute atomic E-state index is 0. The Hall–Kier alpha value is 0.450. The average Bonchev–Trinajstić information content (AvgIpc) is 2.50. The second-order valence-corrected chi connectivity index (χ2v) is 4.19. The summed E-state index contributed by atoms with van der Waals surface area (Å²) in [5.41, 5.74) is 1.37. The van der Waals surface area contributed by atoms with Gasteiger partial charge in [-0.05, 0) is 17.7 Å². The van der Waals surface area contributed by atoms with E-state index in [1.165, 1.54) is 15.5 Å². The molecule has 0 saturated heterocycles. The number of thioether (sulfide) groups is 1. The first-order valence-electron chi connectivity index (χ1n) is 3.57. The van der Waals surface area contributed by atoms with Gasteiger partial charge in [0.25, 0.3) is 0 Å². The molecule has 1 aliphatic rings. The van der Waals surface area contributed by atoms with Crippen molar-refractivity contribution < 1.29 is 0 Å². The lowest BCUT2D eigenvalue weighted by atomic mass is 10.2. The maximum absolute atomic E-state index is 4.45. The first-order valence-corrected chi connectivity index (χ1v) is 5.67. The van der Waals surface area contributed by atoms with Crippen molar-refractivity contribution in [1.82, 2.24) is 0 Å². The molecule has 0 radical (unpaired) electrons. The zero-order chi connectivity index (χ0) is 7.68. The van der Waals surface area contributed by atoms with Crippen molar-refractivity contribution in [3.8, 4) is 0 Å². The summed E-state index contributed by atoms with van der Waals surface area (Å²) in [6.45, 7) is 0.976. The van der Waals surface area contributed by atoms with Crippen LogP contribution >= 0.6 is 47.1 Å². The zero-order valence-corrected chi connectivity index (χ0v) is 10.7. The minimum atomic E-state index is 0. The molecule has 1 aliphatic heterocycles. The van der Waals surface area contributed by atoms with Crippen LogP contribution < -0.4 is 0 Å². The Morgan fingerprint density at radius 1 is 1.58 bits per heavy atom. The van der Waals surface area contributed by atoms with Gasteiger partial charge in [0.2, 0.25) is 0 Å². The van der Waals surface area contributed by atoms with E-state index in [4.69, 9.17) is 0 Å². The summed E-state index contributed by atoms with van der Waals surface area (Å²) in [6.07, 6.45) is 3.22. The number of rotatable bonds is 0. The molecule has 0 saturated carbocycles. The van der Waals surface area contributed by atoms with Gasteiger partial charge in [-0.2, -0.15) is 0 Å². The molecular formula is C8H10INS2. The number of aliphatic imine (C=N–C) groups is 1. The molecule has 1 nitrogen and oxygen atoms in total. The first kappa shape index (κ1) is 10.5. The lowest BCUT2D eigenvalue weighted by Gasteiger charge is -2.09. The highest BCUT2D eigenvalue weighted by atomic mass is 127. The molecule has 0 atom stereocenters. The van der Waals surface area contributed by atoms with Crippen LogP contribution in [0.4, 0.5) is 0 Å². The fourth-order valence-electron chi connectivity index (χ4n) is 1.24. The predicted molar refractivity (Wildman–Crippen MR) is 68.4 cm³/mol. The van der Waals surface area contributed by atoms with Gasteiger partial charge in [-0.15, -0.1) is 47.1 Å². The first-order chi connectivity index (χ1) is 5.42. The van der Waals surface area contributed by atoms with E-state index in [0.717, 1.165) is 13.0 Å². The van der Waals surface area contributed by atoms with Crippen LogP contribution in [0.2, 0.25) is 0 Å². The van der Waals surface area contributed by atoms with Crippen molar-refractivity contribution in [3.05, 3.63) is 21.9 Å². The maximum atomic E-state index is 4.45. The van der Waals surface area contributed by atoms with E-state index in [1.807, 2.05) is 11.3 Å². The van der Waals surface area contributed by atoms with Crippen LogP contribution in [0, 0.1) is 0 Å². The van der Waals surface area contributed by atoms with Gasteiger partial charge in [-0.1, -0.05) is 0 Å². The molecule has 0 unspecified atom stereocenters. The summed E-state index contributed by atoms with van der Waals surface area (Å²) >= 11 is 3.60. The van der Waals surface area contributed by atoms with E-state index in [-0.39, 0.29) is 24.0 Å². The largest absolute Gasteiger partial charge is 0.277 e. The number of nitrogens with zero attached hydrogens (tertiary/aromatic N) is 1. The van der Waals surface area contributed by atoms with E-state index in [2.05, 4.69) is 22.7 Å². The highest BCUT2D eigenvalue weighted by Gasteiger charge is 2.13. The van der Waals surface area contributed by atoms with E-state index in [1.54, 1.807) is 11.8 Å². The van der Waals surface area contributed by atoms with E-state index >= 15 is 0 Å². The second-order valence-electron chi connectivity index (χ2n) is 2.40. The third-order valence-corrected chi connectivity index (χ3v) is 3.48. The molecule has 0 aromatic carbocycles. The maximum Gasteiger partial charge on any atom is 0.0985 e. The number of hydrogen-bond donors (Lipinski definition) is 0. The van der Waals surface area contributed by atoms with Gasteiger partial charge in [0, 0.05) is 23.4 Å². The lowest BCUT2D eigenvalue weighted by Crippen LogP contribution is -2.05. The third kappa shape index (κ3) is 1.85. The molecule has 0 amide bonds. The third-order valence-electron chi connectivity index (χ3n) is 1.76. The smallest absolute Gasteiger partial charge is 0.0985 e. The van der Waals surface area contributed by atoms with Crippen LogP contribution in [-0.4, -0.2) is 17.8 Å².